The van der Waals surface area contributed by atoms with Crippen LogP contribution in [0.4, 0.5) is 0 Å². The van der Waals surface area contributed by atoms with Gasteiger partial charge in [-0.3, -0.25) is 33.8 Å². The van der Waals surface area contributed by atoms with Crippen molar-refractivity contribution >= 4 is 35.3 Å². The number of unbranched alkanes of at least 4 members (excludes halogenated alkanes) is 1. The number of ketones is 1. The van der Waals surface area contributed by atoms with E-state index >= 15 is 0 Å². The summed E-state index contributed by atoms with van der Waals surface area (Å²) in [5, 5.41) is 11.2. The molecule has 0 bridgehead atoms. The number of carbonyl (C=O) groups is 6. The first-order valence-electron chi connectivity index (χ1n) is 18.4. The van der Waals surface area contributed by atoms with Gasteiger partial charge in [-0.25, -0.2) is 4.98 Å². The van der Waals surface area contributed by atoms with E-state index in [1.807, 2.05) is 27.7 Å². The molecule has 2 heterocycles. The largest absolute Gasteiger partial charge is 0.346 e. The van der Waals surface area contributed by atoms with Crippen LogP contribution in [0.25, 0.3) is 0 Å². The summed E-state index contributed by atoms with van der Waals surface area (Å²) in [6, 6.07) is -3.93. The molecule has 0 spiro atoms. The molecule has 5 atom stereocenters. The Morgan fingerprint density at radius 1 is 0.980 bits per heavy atom. The normalized spacial score (nSPS) is 20.0. The van der Waals surface area contributed by atoms with Gasteiger partial charge in [0.2, 0.25) is 23.5 Å². The molecule has 2 fully saturated rings. The van der Waals surface area contributed by atoms with Crippen LogP contribution in [0.3, 0.4) is 0 Å². The lowest BCUT2D eigenvalue weighted by atomic mass is 9.79. The lowest BCUT2D eigenvalue weighted by molar-refractivity contribution is -0.145. The highest BCUT2D eigenvalue weighted by Crippen LogP contribution is 2.38. The Hall–Kier alpha value is -4.16. The van der Waals surface area contributed by atoms with E-state index in [9.17, 15) is 28.8 Å². The van der Waals surface area contributed by atoms with E-state index in [1.165, 1.54) is 29.6 Å². The van der Waals surface area contributed by atoms with Gasteiger partial charge < -0.3 is 26.2 Å². The minimum Gasteiger partial charge on any atom is -0.346 e. The predicted molar refractivity (Wildman–Crippen MR) is 194 cm³/mol. The molecule has 3 rings (SSSR count). The molecule has 1 aromatic rings. The first kappa shape index (κ1) is 41.3. The summed E-state index contributed by atoms with van der Waals surface area (Å²) in [5.41, 5.74) is -0.947. The summed E-state index contributed by atoms with van der Waals surface area (Å²) in [7, 11) is 0. The van der Waals surface area contributed by atoms with Gasteiger partial charge in [-0.15, -0.1) is 6.58 Å². The Kier molecular flexibility index (Phi) is 14.9. The second-order valence-corrected chi connectivity index (χ2v) is 16.1. The zero-order chi connectivity index (χ0) is 37.9. The van der Waals surface area contributed by atoms with E-state index in [-0.39, 0.29) is 42.5 Å². The van der Waals surface area contributed by atoms with Crippen LogP contribution in [0.5, 0.6) is 0 Å². The van der Waals surface area contributed by atoms with Crippen molar-refractivity contribution < 1.29 is 28.8 Å². The lowest BCUT2D eigenvalue weighted by Gasteiger charge is -2.38. The fraction of sp³-hybridized carbons (Fsp3) is 0.684. The first-order chi connectivity index (χ1) is 24.0. The highest BCUT2D eigenvalue weighted by atomic mass is 16.2. The van der Waals surface area contributed by atoms with Crippen LogP contribution in [0.1, 0.15) is 117 Å². The molecule has 13 nitrogen and oxygen atoms in total. The van der Waals surface area contributed by atoms with Crippen LogP contribution in [0.2, 0.25) is 0 Å². The van der Waals surface area contributed by atoms with E-state index in [4.69, 9.17) is 0 Å². The molecular weight excluding hydrogens is 650 g/mol. The van der Waals surface area contributed by atoms with Crippen LogP contribution >= 0.6 is 0 Å². The molecule has 1 aliphatic carbocycles. The molecule has 13 heteroatoms. The number of Topliss-reactive ketones (excluding diaryl/α,β-unsaturated/α-hetero) is 1. The summed E-state index contributed by atoms with van der Waals surface area (Å²) in [5.74, 6) is -3.70. The maximum absolute atomic E-state index is 14.7. The van der Waals surface area contributed by atoms with Gasteiger partial charge in [0, 0.05) is 25.5 Å². The molecule has 4 N–H and O–H groups in total. The number of hydrogen-bond donors (Lipinski definition) is 4. The minimum atomic E-state index is -1.06. The fourth-order valence-electron chi connectivity index (χ4n) is 6.85. The highest BCUT2D eigenvalue weighted by molar-refractivity contribution is 6.38. The van der Waals surface area contributed by atoms with Crippen LogP contribution in [-0.2, 0) is 24.0 Å². The third kappa shape index (κ3) is 11.4. The Labute approximate surface area is 303 Å². The van der Waals surface area contributed by atoms with Gasteiger partial charge in [0.15, 0.2) is 0 Å². The number of hydrogen-bond acceptors (Lipinski definition) is 8. The van der Waals surface area contributed by atoms with E-state index in [0.717, 1.165) is 38.5 Å². The maximum atomic E-state index is 14.7. The van der Waals surface area contributed by atoms with Crippen molar-refractivity contribution in [1.29, 1.82) is 0 Å². The fourth-order valence-corrected chi connectivity index (χ4v) is 6.85. The molecule has 1 saturated heterocycles. The Bertz CT molecular complexity index is 1400. The monoisotopic (exact) mass is 709 g/mol. The molecule has 0 aromatic carbocycles. The van der Waals surface area contributed by atoms with E-state index < -0.39 is 64.9 Å². The second-order valence-electron chi connectivity index (χ2n) is 16.1. The minimum absolute atomic E-state index is 0.0598. The average molecular weight is 710 g/mol. The number of aromatic nitrogens is 2. The summed E-state index contributed by atoms with van der Waals surface area (Å²) >= 11 is 0. The summed E-state index contributed by atoms with van der Waals surface area (Å²) < 4.78 is 0. The SMILES string of the molecule is C=CCNC(=O)C(=O)C(CCCC)NC(=O)[C@@H]1C[C@@H](C(C)(C)C)CN1C(=O)[C@@H](NC(=O)[C@@H](NC(=O)c1cnccn1)C1CCCCC1)C(C)(C)C. The molecule has 1 saturated carbocycles. The molecule has 1 aliphatic heterocycles. The number of carbonyl (C=O) groups excluding carboxylic acids is 6. The molecule has 1 unspecified atom stereocenters. The van der Waals surface area contributed by atoms with Crippen molar-refractivity contribution in [2.45, 2.75) is 130 Å². The van der Waals surface area contributed by atoms with Crippen molar-refractivity contribution in [3.63, 3.8) is 0 Å². The molecule has 5 amide bonds. The number of nitrogens with one attached hydrogen (secondary N) is 4. The first-order valence-corrected chi connectivity index (χ1v) is 18.4. The molecule has 2 aliphatic rings. The quantitative estimate of drug-likeness (QED) is 0.158. The Morgan fingerprint density at radius 2 is 1.67 bits per heavy atom. The van der Waals surface area contributed by atoms with Gasteiger partial charge in [0.05, 0.1) is 12.2 Å². The van der Waals surface area contributed by atoms with Crippen LogP contribution in [-0.4, -0.2) is 87.4 Å². The van der Waals surface area contributed by atoms with Gasteiger partial charge >= 0.3 is 0 Å². The van der Waals surface area contributed by atoms with Crippen molar-refractivity contribution in [1.82, 2.24) is 36.1 Å². The topological polar surface area (TPSA) is 180 Å². The van der Waals surface area contributed by atoms with Crippen molar-refractivity contribution in [2.75, 3.05) is 13.1 Å². The summed E-state index contributed by atoms with van der Waals surface area (Å²) in [4.78, 5) is 91.4. The summed E-state index contributed by atoms with van der Waals surface area (Å²) in [6.07, 6.45) is 12.0. The standard InChI is InChI=1S/C38H59N7O6/c1-9-11-17-26(30(46)35(50)41-18-10-2)42-33(48)28-21-25(37(3,4)5)23-45(28)36(51)31(38(6,7)8)44-34(49)29(24-15-13-12-14-16-24)43-32(47)27-22-39-19-20-40-27/h10,19-20,22,24-26,28-29,31H,2,9,11-18,21,23H2,1,3-8H3,(H,41,50)(H,42,48)(H,43,47)(H,44,49)/t25-,26?,28+,29+,31-/m1/s1. The number of amides is 5. The van der Waals surface area contributed by atoms with Crippen LogP contribution in [0, 0.1) is 22.7 Å². The van der Waals surface area contributed by atoms with E-state index in [2.05, 4.69) is 58.6 Å². The smallest absolute Gasteiger partial charge is 0.289 e. The molecule has 51 heavy (non-hydrogen) atoms. The third-order valence-electron chi connectivity index (χ3n) is 10.1. The van der Waals surface area contributed by atoms with Gasteiger partial charge in [-0.2, -0.15) is 0 Å². The predicted octanol–water partition coefficient (Wildman–Crippen LogP) is 3.50. The molecule has 282 valence electrons. The molecule has 1 aromatic heterocycles. The van der Waals surface area contributed by atoms with Gasteiger partial charge in [0.1, 0.15) is 23.8 Å². The van der Waals surface area contributed by atoms with Gasteiger partial charge in [-0.1, -0.05) is 86.6 Å². The zero-order valence-corrected chi connectivity index (χ0v) is 31.5. The van der Waals surface area contributed by atoms with Crippen LogP contribution < -0.4 is 21.3 Å². The van der Waals surface area contributed by atoms with Crippen molar-refractivity contribution in [3.05, 3.63) is 36.9 Å². The lowest BCUT2D eigenvalue weighted by Crippen LogP contribution is -2.62. The zero-order valence-electron chi connectivity index (χ0n) is 31.5. The number of rotatable bonds is 15. The average Bonchev–Trinajstić information content (AvgIpc) is 3.56. The summed E-state index contributed by atoms with van der Waals surface area (Å²) in [6.45, 7) is 17.6. The Morgan fingerprint density at radius 3 is 2.24 bits per heavy atom. The van der Waals surface area contributed by atoms with Gasteiger partial charge in [0.25, 0.3) is 11.8 Å². The van der Waals surface area contributed by atoms with Crippen molar-refractivity contribution in [2.24, 2.45) is 22.7 Å². The number of likely N-dealkylation sites (tertiary alicyclic amines) is 1. The van der Waals surface area contributed by atoms with Gasteiger partial charge in [-0.05, 0) is 48.3 Å². The second kappa shape index (κ2) is 18.4. The van der Waals surface area contributed by atoms with Crippen molar-refractivity contribution in [3.8, 4) is 0 Å². The van der Waals surface area contributed by atoms with Crippen LogP contribution in [0.15, 0.2) is 31.2 Å². The molecule has 0 radical (unpaired) electrons. The van der Waals surface area contributed by atoms with E-state index in [1.54, 1.807) is 0 Å². The number of nitrogens with zero attached hydrogens (tertiary/aromatic N) is 3. The van der Waals surface area contributed by atoms with E-state index in [0.29, 0.717) is 12.8 Å². The maximum Gasteiger partial charge on any atom is 0.289 e. The molecular formula is C38H59N7O6. The highest BCUT2D eigenvalue weighted by Gasteiger charge is 2.48. The third-order valence-corrected chi connectivity index (χ3v) is 10.1. The Balaban J connectivity index is 1.91.